The molecule has 0 amide bonds. The molecular weight excluding hydrogens is 279 g/mol. The van der Waals surface area contributed by atoms with Crippen LogP contribution in [0.2, 0.25) is 0 Å². The summed E-state index contributed by atoms with van der Waals surface area (Å²) in [7, 11) is 0. The molecule has 0 heterocycles. The van der Waals surface area contributed by atoms with Crippen LogP contribution in [0.3, 0.4) is 0 Å². The normalized spacial score (nSPS) is 11.4. The minimum atomic E-state index is -4.62. The first-order chi connectivity index (χ1) is 9.30. The number of anilines is 3. The second-order valence-corrected chi connectivity index (χ2v) is 3.99. The number of nitrogens with one attached hydrogen (secondary N) is 1. The average molecular weight is 288 g/mol. The summed E-state index contributed by atoms with van der Waals surface area (Å²) in [6.45, 7) is 0. The highest BCUT2D eigenvalue weighted by molar-refractivity contribution is 5.74. The maximum Gasteiger partial charge on any atom is 0.418 e. The Hall–Kier alpha value is -2.31. The predicted molar refractivity (Wildman–Crippen MR) is 65.5 cm³/mol. The van der Waals surface area contributed by atoms with Crippen LogP contribution in [0.25, 0.3) is 0 Å². The van der Waals surface area contributed by atoms with Crippen molar-refractivity contribution in [2.45, 2.75) is 6.18 Å². The summed E-state index contributed by atoms with van der Waals surface area (Å²) in [6, 6.07) is 6.33. The van der Waals surface area contributed by atoms with E-state index in [4.69, 9.17) is 5.73 Å². The van der Waals surface area contributed by atoms with Crippen molar-refractivity contribution in [1.29, 1.82) is 0 Å². The Kier molecular flexibility index (Phi) is 3.52. The molecule has 0 unspecified atom stereocenters. The first-order valence-corrected chi connectivity index (χ1v) is 5.47. The second-order valence-electron chi connectivity index (χ2n) is 3.99. The molecule has 2 rings (SSSR count). The van der Waals surface area contributed by atoms with E-state index in [1.165, 1.54) is 12.1 Å². The molecule has 0 atom stereocenters. The lowest BCUT2D eigenvalue weighted by atomic mass is 10.1. The van der Waals surface area contributed by atoms with Crippen LogP contribution in [0.5, 0.6) is 0 Å². The molecule has 3 N–H and O–H groups in total. The number of halogens is 5. The summed E-state index contributed by atoms with van der Waals surface area (Å²) in [5.74, 6) is -2.53. The summed E-state index contributed by atoms with van der Waals surface area (Å²) in [5, 5.41) is 2.20. The van der Waals surface area contributed by atoms with Crippen LogP contribution >= 0.6 is 0 Å². The molecular formula is C13H9F5N2. The lowest BCUT2D eigenvalue weighted by Crippen LogP contribution is -2.10. The molecule has 0 aliphatic carbocycles. The number of hydrogen-bond donors (Lipinski definition) is 2. The maximum absolute atomic E-state index is 13.6. The Morgan fingerprint density at radius 3 is 2.25 bits per heavy atom. The van der Waals surface area contributed by atoms with Gasteiger partial charge in [0.2, 0.25) is 0 Å². The molecule has 0 saturated carbocycles. The first kappa shape index (κ1) is 14.1. The molecule has 2 nitrogen and oxygen atoms in total. The van der Waals surface area contributed by atoms with Gasteiger partial charge in [0.1, 0.15) is 5.69 Å². The number of rotatable bonds is 2. The van der Waals surface area contributed by atoms with Gasteiger partial charge in [-0.1, -0.05) is 12.1 Å². The third-order valence-corrected chi connectivity index (χ3v) is 2.62. The van der Waals surface area contributed by atoms with Gasteiger partial charge >= 0.3 is 6.18 Å². The molecule has 0 radical (unpaired) electrons. The number of alkyl halides is 3. The maximum atomic E-state index is 13.6. The topological polar surface area (TPSA) is 38.0 Å². The Balaban J connectivity index is 2.49. The van der Waals surface area contributed by atoms with Crippen molar-refractivity contribution in [2.75, 3.05) is 11.1 Å². The van der Waals surface area contributed by atoms with Gasteiger partial charge in [-0.15, -0.1) is 0 Å². The van der Waals surface area contributed by atoms with E-state index in [1.807, 2.05) is 0 Å². The van der Waals surface area contributed by atoms with Crippen LogP contribution in [0.15, 0.2) is 36.4 Å². The Bertz CT molecular complexity index is 637. The number of para-hydroxylation sites is 1. The highest BCUT2D eigenvalue weighted by Gasteiger charge is 2.33. The van der Waals surface area contributed by atoms with Gasteiger partial charge < -0.3 is 11.1 Å². The SMILES string of the molecule is Nc1ccc(F)c(F)c1Nc1ccccc1C(F)(F)F. The zero-order valence-electron chi connectivity index (χ0n) is 9.93. The van der Waals surface area contributed by atoms with E-state index in [2.05, 4.69) is 5.32 Å². The van der Waals surface area contributed by atoms with E-state index in [1.54, 1.807) is 0 Å². The van der Waals surface area contributed by atoms with Crippen LogP contribution in [0, 0.1) is 11.6 Å². The Morgan fingerprint density at radius 1 is 0.950 bits per heavy atom. The van der Waals surface area contributed by atoms with E-state index in [0.29, 0.717) is 0 Å². The van der Waals surface area contributed by atoms with Crippen molar-refractivity contribution in [2.24, 2.45) is 0 Å². The van der Waals surface area contributed by atoms with Crippen molar-refractivity contribution in [3.8, 4) is 0 Å². The second kappa shape index (κ2) is 4.99. The van der Waals surface area contributed by atoms with Crippen molar-refractivity contribution >= 4 is 17.1 Å². The molecule has 0 spiro atoms. The van der Waals surface area contributed by atoms with Gasteiger partial charge in [0.05, 0.1) is 16.9 Å². The van der Waals surface area contributed by atoms with Crippen molar-refractivity contribution in [3.63, 3.8) is 0 Å². The van der Waals surface area contributed by atoms with Crippen molar-refractivity contribution < 1.29 is 22.0 Å². The van der Waals surface area contributed by atoms with Gasteiger partial charge in [-0.3, -0.25) is 0 Å². The minimum absolute atomic E-state index is 0.194. The largest absolute Gasteiger partial charge is 0.418 e. The minimum Gasteiger partial charge on any atom is -0.397 e. The molecule has 2 aromatic carbocycles. The monoisotopic (exact) mass is 288 g/mol. The molecule has 2 aromatic rings. The number of nitrogen functional groups attached to an aromatic ring is 1. The van der Waals surface area contributed by atoms with Gasteiger partial charge in [0, 0.05) is 0 Å². The Labute approximate surface area is 111 Å². The lowest BCUT2D eigenvalue weighted by Gasteiger charge is -2.16. The molecule has 0 aliphatic heterocycles. The Morgan fingerprint density at radius 2 is 1.60 bits per heavy atom. The average Bonchev–Trinajstić information content (AvgIpc) is 2.38. The third kappa shape index (κ3) is 2.66. The zero-order valence-corrected chi connectivity index (χ0v) is 9.93. The molecule has 0 fully saturated rings. The van der Waals surface area contributed by atoms with Crippen LogP contribution < -0.4 is 11.1 Å². The van der Waals surface area contributed by atoms with Crippen molar-refractivity contribution in [1.82, 2.24) is 0 Å². The van der Waals surface area contributed by atoms with E-state index >= 15 is 0 Å². The molecule has 7 heteroatoms. The highest BCUT2D eigenvalue weighted by Crippen LogP contribution is 2.37. The molecule has 20 heavy (non-hydrogen) atoms. The summed E-state index contributed by atoms with van der Waals surface area (Å²) in [6.07, 6.45) is -4.62. The molecule has 0 bridgehead atoms. The first-order valence-electron chi connectivity index (χ1n) is 5.47. The fourth-order valence-corrected chi connectivity index (χ4v) is 1.67. The third-order valence-electron chi connectivity index (χ3n) is 2.62. The predicted octanol–water partition coefficient (Wildman–Crippen LogP) is 4.31. The van der Waals surface area contributed by atoms with Crippen LogP contribution in [0.4, 0.5) is 39.0 Å². The summed E-state index contributed by atoms with van der Waals surface area (Å²) < 4.78 is 65.1. The van der Waals surface area contributed by atoms with E-state index in [-0.39, 0.29) is 5.69 Å². The summed E-state index contributed by atoms with van der Waals surface area (Å²) in [4.78, 5) is 0. The zero-order chi connectivity index (χ0) is 14.9. The van der Waals surface area contributed by atoms with Crippen molar-refractivity contribution in [3.05, 3.63) is 53.6 Å². The van der Waals surface area contributed by atoms with E-state index in [9.17, 15) is 22.0 Å². The molecule has 0 aliphatic rings. The smallest absolute Gasteiger partial charge is 0.397 e. The highest BCUT2D eigenvalue weighted by atomic mass is 19.4. The summed E-state index contributed by atoms with van der Waals surface area (Å²) >= 11 is 0. The van der Waals surface area contributed by atoms with E-state index < -0.39 is 34.7 Å². The quantitative estimate of drug-likeness (QED) is 0.638. The van der Waals surface area contributed by atoms with Gasteiger partial charge in [0.25, 0.3) is 0 Å². The molecule has 0 aromatic heterocycles. The number of benzene rings is 2. The van der Waals surface area contributed by atoms with Crippen LogP contribution in [-0.2, 0) is 6.18 Å². The fourth-order valence-electron chi connectivity index (χ4n) is 1.67. The fraction of sp³-hybridized carbons (Fsp3) is 0.0769. The van der Waals surface area contributed by atoms with Gasteiger partial charge in [-0.05, 0) is 24.3 Å². The number of hydrogen-bond acceptors (Lipinski definition) is 2. The van der Waals surface area contributed by atoms with Gasteiger partial charge in [-0.2, -0.15) is 13.2 Å². The summed E-state index contributed by atoms with van der Waals surface area (Å²) in [5.41, 5.74) is 3.32. The number of nitrogens with two attached hydrogens (primary N) is 1. The van der Waals surface area contributed by atoms with Gasteiger partial charge in [-0.25, -0.2) is 8.78 Å². The van der Waals surface area contributed by atoms with E-state index in [0.717, 1.165) is 24.3 Å². The van der Waals surface area contributed by atoms with Gasteiger partial charge in [0.15, 0.2) is 11.6 Å². The van der Waals surface area contributed by atoms with Crippen LogP contribution in [-0.4, -0.2) is 0 Å². The van der Waals surface area contributed by atoms with Crippen LogP contribution in [0.1, 0.15) is 5.56 Å². The molecule has 106 valence electrons. The standard InChI is InChI=1S/C13H9F5N2/c14-8-5-6-9(19)12(11(8)15)20-10-4-2-1-3-7(10)13(16,17)18/h1-6,20H,19H2. The molecule has 0 saturated heterocycles. The lowest BCUT2D eigenvalue weighted by molar-refractivity contribution is -0.136.